The molecule has 2 fully saturated rings. The van der Waals surface area contributed by atoms with E-state index in [0.29, 0.717) is 31.2 Å². The molecule has 0 radical (unpaired) electrons. The molecule has 2 aliphatic rings. The lowest BCUT2D eigenvalue weighted by molar-refractivity contribution is -0.150. The van der Waals surface area contributed by atoms with E-state index in [0.717, 1.165) is 32.4 Å². The van der Waals surface area contributed by atoms with Gasteiger partial charge in [0.15, 0.2) is 0 Å². The number of carbonyl (C=O) groups excluding carboxylic acids is 1. The maximum Gasteiger partial charge on any atom is 0.326 e. The Balaban J connectivity index is 1.94. The second-order valence-electron chi connectivity index (χ2n) is 6.58. The summed E-state index contributed by atoms with van der Waals surface area (Å²) in [4.78, 5) is 25.6. The average molecular weight is 296 g/mol. The highest BCUT2D eigenvalue weighted by molar-refractivity contribution is 5.83. The summed E-state index contributed by atoms with van der Waals surface area (Å²) in [7, 11) is 0. The van der Waals surface area contributed by atoms with Crippen LogP contribution in [0.25, 0.3) is 0 Å². The van der Waals surface area contributed by atoms with E-state index in [2.05, 4.69) is 12.2 Å². The van der Waals surface area contributed by atoms with Crippen LogP contribution >= 0.6 is 0 Å². The van der Waals surface area contributed by atoms with Gasteiger partial charge in [-0.05, 0) is 50.6 Å². The van der Waals surface area contributed by atoms with Gasteiger partial charge in [-0.2, -0.15) is 0 Å². The van der Waals surface area contributed by atoms with E-state index in [1.54, 1.807) is 4.90 Å². The molecule has 0 aromatic heterocycles. The number of hydrogen-bond acceptors (Lipinski definition) is 3. The molecule has 120 valence electrons. The lowest BCUT2D eigenvalue weighted by atomic mass is 9.85. The van der Waals surface area contributed by atoms with Crippen molar-refractivity contribution in [3.8, 4) is 0 Å². The molecule has 5 nitrogen and oxygen atoms in total. The number of hydrogen-bond donors (Lipinski definition) is 2. The molecule has 0 aromatic rings. The zero-order chi connectivity index (χ0) is 15.2. The van der Waals surface area contributed by atoms with Gasteiger partial charge in [0.05, 0.1) is 0 Å². The third-order valence-electron chi connectivity index (χ3n) is 4.99. The zero-order valence-corrected chi connectivity index (χ0v) is 13.0. The van der Waals surface area contributed by atoms with E-state index in [4.69, 9.17) is 0 Å². The zero-order valence-electron chi connectivity index (χ0n) is 13.0. The molecule has 3 atom stereocenters. The Morgan fingerprint density at radius 3 is 2.71 bits per heavy atom. The predicted molar refractivity (Wildman–Crippen MR) is 81.0 cm³/mol. The molecule has 0 bridgehead atoms. The van der Waals surface area contributed by atoms with Crippen molar-refractivity contribution in [1.82, 2.24) is 10.2 Å². The molecule has 2 rings (SSSR count). The summed E-state index contributed by atoms with van der Waals surface area (Å²) < 4.78 is 0. The summed E-state index contributed by atoms with van der Waals surface area (Å²) in [6.07, 6.45) is 6.28. The Morgan fingerprint density at radius 1 is 1.24 bits per heavy atom. The summed E-state index contributed by atoms with van der Waals surface area (Å²) >= 11 is 0. The number of piperidine rings is 1. The van der Waals surface area contributed by atoms with E-state index in [-0.39, 0.29) is 5.91 Å². The molecule has 1 amide bonds. The molecule has 0 spiro atoms. The summed E-state index contributed by atoms with van der Waals surface area (Å²) in [6.45, 7) is 4.79. The van der Waals surface area contributed by atoms with Crippen LogP contribution in [0.2, 0.25) is 0 Å². The monoisotopic (exact) mass is 296 g/mol. The fourth-order valence-electron chi connectivity index (χ4n) is 3.59. The molecule has 2 aliphatic heterocycles. The number of likely N-dealkylation sites (tertiary alicyclic amines) is 1. The van der Waals surface area contributed by atoms with E-state index in [1.165, 1.54) is 12.8 Å². The third kappa shape index (κ3) is 4.43. The third-order valence-corrected chi connectivity index (χ3v) is 4.99. The van der Waals surface area contributed by atoms with Crippen LogP contribution in [-0.4, -0.2) is 47.6 Å². The molecular formula is C16H28N2O3. The molecule has 21 heavy (non-hydrogen) atoms. The molecule has 3 unspecified atom stereocenters. The fourth-order valence-corrected chi connectivity index (χ4v) is 3.59. The minimum absolute atomic E-state index is 0.0300. The number of nitrogens with one attached hydrogen (secondary N) is 1. The second kappa shape index (κ2) is 7.78. The fraction of sp³-hybridized carbons (Fsp3) is 0.875. The van der Waals surface area contributed by atoms with Gasteiger partial charge in [0.25, 0.3) is 0 Å². The van der Waals surface area contributed by atoms with E-state index >= 15 is 0 Å². The Hall–Kier alpha value is -1.10. The number of rotatable bonds is 4. The van der Waals surface area contributed by atoms with Gasteiger partial charge in [-0.1, -0.05) is 19.8 Å². The Morgan fingerprint density at radius 2 is 2.05 bits per heavy atom. The maximum atomic E-state index is 12.6. The normalized spacial score (nSPS) is 28.7. The minimum atomic E-state index is -0.850. The number of amides is 1. The van der Waals surface area contributed by atoms with Gasteiger partial charge >= 0.3 is 5.97 Å². The maximum absolute atomic E-state index is 12.6. The summed E-state index contributed by atoms with van der Waals surface area (Å²) in [5, 5.41) is 12.7. The number of carboxylic acids is 1. The van der Waals surface area contributed by atoms with Crippen LogP contribution in [0.3, 0.4) is 0 Å². The number of carboxylic acid groups (broad SMARTS) is 1. The van der Waals surface area contributed by atoms with Crippen LogP contribution in [0.5, 0.6) is 0 Å². The first kappa shape index (κ1) is 16.3. The average Bonchev–Trinajstić information content (AvgIpc) is 2.74. The molecule has 0 aromatic carbocycles. The first-order chi connectivity index (χ1) is 10.1. The largest absolute Gasteiger partial charge is 0.480 e. The lowest BCUT2D eigenvalue weighted by Gasteiger charge is -2.31. The quantitative estimate of drug-likeness (QED) is 0.831. The summed E-state index contributed by atoms with van der Waals surface area (Å²) in [5.41, 5.74) is 0. The van der Waals surface area contributed by atoms with Gasteiger partial charge in [-0.3, -0.25) is 4.79 Å². The van der Waals surface area contributed by atoms with Crippen molar-refractivity contribution in [2.75, 3.05) is 19.6 Å². The van der Waals surface area contributed by atoms with Crippen LogP contribution in [0.15, 0.2) is 0 Å². The highest BCUT2D eigenvalue weighted by atomic mass is 16.4. The smallest absolute Gasteiger partial charge is 0.326 e. The van der Waals surface area contributed by atoms with Crippen LogP contribution in [0.1, 0.15) is 51.9 Å². The molecule has 0 aliphatic carbocycles. The highest BCUT2D eigenvalue weighted by Gasteiger charge is 2.32. The van der Waals surface area contributed by atoms with Gasteiger partial charge < -0.3 is 15.3 Å². The molecule has 5 heteroatoms. The molecule has 2 heterocycles. The second-order valence-corrected chi connectivity index (χ2v) is 6.58. The molecule has 0 saturated carbocycles. The van der Waals surface area contributed by atoms with E-state index < -0.39 is 12.0 Å². The van der Waals surface area contributed by atoms with Crippen molar-refractivity contribution >= 4 is 11.9 Å². The van der Waals surface area contributed by atoms with E-state index in [9.17, 15) is 14.7 Å². The van der Waals surface area contributed by atoms with Crippen molar-refractivity contribution in [2.24, 2.45) is 11.8 Å². The molecule has 2 N–H and O–H groups in total. The first-order valence-corrected chi connectivity index (χ1v) is 8.32. The predicted octanol–water partition coefficient (Wildman–Crippen LogP) is 1.87. The van der Waals surface area contributed by atoms with Crippen molar-refractivity contribution in [3.05, 3.63) is 0 Å². The summed E-state index contributed by atoms with van der Waals surface area (Å²) in [6, 6.07) is -0.614. The number of nitrogens with zero attached hydrogens (tertiary/aromatic N) is 1. The standard InChI is InChI=1S/C16H28N2O3/c1-12(13-6-5-8-17-11-13)10-15(19)18-9-4-2-3-7-14(18)16(20)21/h12-14,17H,2-11H2,1H3,(H,20,21). The molecule has 2 saturated heterocycles. The van der Waals surface area contributed by atoms with Gasteiger partial charge in [0.1, 0.15) is 6.04 Å². The summed E-state index contributed by atoms with van der Waals surface area (Å²) in [5.74, 6) is 0.0422. The van der Waals surface area contributed by atoms with E-state index in [1.807, 2.05) is 0 Å². The van der Waals surface area contributed by atoms with Crippen molar-refractivity contribution in [1.29, 1.82) is 0 Å². The van der Waals surface area contributed by atoms with Crippen LogP contribution < -0.4 is 5.32 Å². The number of carbonyl (C=O) groups is 2. The van der Waals surface area contributed by atoms with Crippen molar-refractivity contribution in [3.63, 3.8) is 0 Å². The number of aliphatic carboxylic acids is 1. The highest BCUT2D eigenvalue weighted by Crippen LogP contribution is 2.25. The van der Waals surface area contributed by atoms with Gasteiger partial charge in [0, 0.05) is 13.0 Å². The topological polar surface area (TPSA) is 69.6 Å². The minimum Gasteiger partial charge on any atom is -0.480 e. The van der Waals surface area contributed by atoms with Gasteiger partial charge in [-0.15, -0.1) is 0 Å². The van der Waals surface area contributed by atoms with Crippen LogP contribution in [0, 0.1) is 11.8 Å². The SMILES string of the molecule is CC(CC(=O)N1CCCCCC1C(=O)O)C1CCCNC1. The van der Waals surface area contributed by atoms with Gasteiger partial charge in [0.2, 0.25) is 5.91 Å². The van der Waals surface area contributed by atoms with Crippen LogP contribution in [0.4, 0.5) is 0 Å². The van der Waals surface area contributed by atoms with Gasteiger partial charge in [-0.25, -0.2) is 4.79 Å². The Labute approximate surface area is 127 Å². The molecular weight excluding hydrogens is 268 g/mol. The Bertz CT molecular complexity index is 367. The first-order valence-electron chi connectivity index (χ1n) is 8.32. The van der Waals surface area contributed by atoms with Crippen molar-refractivity contribution < 1.29 is 14.7 Å². The van der Waals surface area contributed by atoms with Crippen LogP contribution in [-0.2, 0) is 9.59 Å². The lowest BCUT2D eigenvalue weighted by Crippen LogP contribution is -2.45. The Kier molecular flexibility index (Phi) is 6.03. The van der Waals surface area contributed by atoms with Crippen molar-refractivity contribution in [2.45, 2.75) is 57.9 Å².